The van der Waals surface area contributed by atoms with E-state index in [4.69, 9.17) is 5.11 Å². The van der Waals surface area contributed by atoms with Gasteiger partial charge < -0.3 is 10.4 Å². The third-order valence-electron chi connectivity index (χ3n) is 2.62. The average Bonchev–Trinajstić information content (AvgIpc) is 2.90. The average molecular weight is 224 g/mol. The Bertz CT molecular complexity index is 436. The molecule has 0 aliphatic heterocycles. The van der Waals surface area contributed by atoms with E-state index in [9.17, 15) is 9.59 Å². The van der Waals surface area contributed by atoms with E-state index in [1.165, 1.54) is 11.6 Å². The lowest BCUT2D eigenvalue weighted by molar-refractivity contribution is -0.142. The number of rotatable bonds is 4. The van der Waals surface area contributed by atoms with Crippen LogP contribution in [0, 0.1) is 0 Å². The van der Waals surface area contributed by atoms with Crippen molar-refractivity contribution >= 4 is 11.9 Å². The molecule has 1 heterocycles. The van der Waals surface area contributed by atoms with Gasteiger partial charge >= 0.3 is 5.97 Å². The first-order valence-electron chi connectivity index (χ1n) is 4.94. The molecule has 0 saturated heterocycles. The molecule has 0 atom stereocenters. The van der Waals surface area contributed by atoms with E-state index in [1.807, 2.05) is 0 Å². The van der Waals surface area contributed by atoms with Gasteiger partial charge in [0, 0.05) is 6.92 Å². The van der Waals surface area contributed by atoms with Crippen molar-refractivity contribution in [3.63, 3.8) is 0 Å². The number of nitrogens with one attached hydrogen (secondary N) is 1. The first-order valence-corrected chi connectivity index (χ1v) is 4.94. The zero-order chi connectivity index (χ0) is 11.8. The third kappa shape index (κ3) is 1.75. The number of hydrogen-bond acceptors (Lipinski definition) is 4. The Hall–Kier alpha value is -1.92. The highest BCUT2D eigenvalue weighted by atomic mass is 16.4. The standard InChI is InChI=1S/C9H12N4O3/c1-6(14)10-4-7-5-13(12-11-7)9(2-3-9)8(15)16/h5H,2-4H2,1H3,(H,10,14)(H,15,16). The summed E-state index contributed by atoms with van der Waals surface area (Å²) in [6, 6.07) is 0. The summed E-state index contributed by atoms with van der Waals surface area (Å²) in [6.45, 7) is 1.68. The Balaban J connectivity index is 2.08. The number of carboxylic acids is 1. The quantitative estimate of drug-likeness (QED) is 0.717. The molecule has 2 rings (SSSR count). The molecular formula is C9H12N4O3. The van der Waals surface area contributed by atoms with Gasteiger partial charge in [0.2, 0.25) is 5.91 Å². The van der Waals surface area contributed by atoms with Gasteiger partial charge in [-0.15, -0.1) is 5.10 Å². The number of carbonyl (C=O) groups is 2. The SMILES string of the molecule is CC(=O)NCc1cn(C2(C(=O)O)CC2)nn1. The molecule has 2 N–H and O–H groups in total. The van der Waals surface area contributed by atoms with Crippen molar-refractivity contribution in [2.45, 2.75) is 31.8 Å². The molecular weight excluding hydrogens is 212 g/mol. The number of aliphatic carboxylic acids is 1. The second kappa shape index (κ2) is 3.58. The number of aromatic nitrogens is 3. The molecule has 16 heavy (non-hydrogen) atoms. The Morgan fingerprint density at radius 3 is 2.81 bits per heavy atom. The lowest BCUT2D eigenvalue weighted by Crippen LogP contribution is -2.27. The predicted octanol–water partition coefficient (Wildman–Crippen LogP) is -0.512. The van der Waals surface area contributed by atoms with Gasteiger partial charge in [-0.1, -0.05) is 5.21 Å². The smallest absolute Gasteiger partial charge is 0.331 e. The van der Waals surface area contributed by atoms with Crippen LogP contribution in [-0.2, 0) is 21.7 Å². The zero-order valence-corrected chi connectivity index (χ0v) is 8.80. The molecule has 7 heteroatoms. The van der Waals surface area contributed by atoms with E-state index in [2.05, 4.69) is 15.6 Å². The maximum Gasteiger partial charge on any atom is 0.331 e. The van der Waals surface area contributed by atoms with Crippen LogP contribution in [0.5, 0.6) is 0 Å². The third-order valence-corrected chi connectivity index (χ3v) is 2.62. The molecule has 0 radical (unpaired) electrons. The largest absolute Gasteiger partial charge is 0.479 e. The minimum atomic E-state index is -0.901. The van der Waals surface area contributed by atoms with Crippen molar-refractivity contribution in [2.24, 2.45) is 0 Å². The van der Waals surface area contributed by atoms with E-state index < -0.39 is 11.5 Å². The monoisotopic (exact) mass is 224 g/mol. The summed E-state index contributed by atoms with van der Waals surface area (Å²) in [7, 11) is 0. The van der Waals surface area contributed by atoms with Gasteiger partial charge in [0.15, 0.2) is 5.54 Å². The number of hydrogen-bond donors (Lipinski definition) is 2. The van der Waals surface area contributed by atoms with Crippen LogP contribution >= 0.6 is 0 Å². The highest BCUT2D eigenvalue weighted by molar-refractivity contribution is 5.79. The summed E-state index contributed by atoms with van der Waals surface area (Å²) < 4.78 is 1.37. The summed E-state index contributed by atoms with van der Waals surface area (Å²) in [5.41, 5.74) is -0.343. The number of carboxylic acid groups (broad SMARTS) is 1. The molecule has 0 bridgehead atoms. The van der Waals surface area contributed by atoms with Crippen LogP contribution in [0.2, 0.25) is 0 Å². The molecule has 1 fully saturated rings. The fraction of sp³-hybridized carbons (Fsp3) is 0.556. The molecule has 1 aromatic rings. The first-order chi connectivity index (χ1) is 7.54. The van der Waals surface area contributed by atoms with E-state index >= 15 is 0 Å². The molecule has 1 aromatic heterocycles. The van der Waals surface area contributed by atoms with Crippen molar-refractivity contribution in [3.05, 3.63) is 11.9 Å². The topological polar surface area (TPSA) is 97.1 Å². The van der Waals surface area contributed by atoms with E-state index in [1.54, 1.807) is 6.20 Å². The minimum Gasteiger partial charge on any atom is -0.479 e. The van der Waals surface area contributed by atoms with Gasteiger partial charge in [0.1, 0.15) is 5.69 Å². The second-order valence-corrected chi connectivity index (χ2v) is 3.90. The van der Waals surface area contributed by atoms with Crippen LogP contribution in [0.15, 0.2) is 6.20 Å². The van der Waals surface area contributed by atoms with Gasteiger partial charge in [-0.3, -0.25) is 4.79 Å². The Morgan fingerprint density at radius 1 is 1.62 bits per heavy atom. The van der Waals surface area contributed by atoms with E-state index in [-0.39, 0.29) is 12.5 Å². The van der Waals surface area contributed by atoms with Crippen molar-refractivity contribution in [2.75, 3.05) is 0 Å². The maximum absolute atomic E-state index is 11.0. The highest BCUT2D eigenvalue weighted by Crippen LogP contribution is 2.42. The molecule has 0 spiro atoms. The maximum atomic E-state index is 11.0. The van der Waals surface area contributed by atoms with E-state index in [0.717, 1.165) is 0 Å². The van der Waals surface area contributed by atoms with Gasteiger partial charge in [-0.2, -0.15) is 0 Å². The van der Waals surface area contributed by atoms with Gasteiger partial charge in [0.25, 0.3) is 0 Å². The lowest BCUT2D eigenvalue weighted by atomic mass is 10.3. The molecule has 0 unspecified atom stereocenters. The van der Waals surface area contributed by atoms with Gasteiger partial charge in [-0.05, 0) is 12.8 Å². The van der Waals surface area contributed by atoms with Crippen molar-refractivity contribution in [1.82, 2.24) is 20.3 Å². The summed E-state index contributed by atoms with van der Waals surface area (Å²) >= 11 is 0. The van der Waals surface area contributed by atoms with Gasteiger partial charge in [0.05, 0.1) is 12.7 Å². The molecule has 86 valence electrons. The predicted molar refractivity (Wildman–Crippen MR) is 52.4 cm³/mol. The van der Waals surface area contributed by atoms with Crippen molar-refractivity contribution in [1.29, 1.82) is 0 Å². The summed E-state index contributed by atoms with van der Waals surface area (Å²) in [5, 5.41) is 19.2. The minimum absolute atomic E-state index is 0.158. The Labute approximate surface area is 91.4 Å². The fourth-order valence-corrected chi connectivity index (χ4v) is 1.46. The van der Waals surface area contributed by atoms with Crippen molar-refractivity contribution < 1.29 is 14.7 Å². The lowest BCUT2D eigenvalue weighted by Gasteiger charge is -2.07. The molecule has 1 amide bonds. The number of carbonyl (C=O) groups excluding carboxylic acids is 1. The second-order valence-electron chi connectivity index (χ2n) is 3.90. The Kier molecular flexibility index (Phi) is 2.37. The summed E-state index contributed by atoms with van der Waals surface area (Å²) in [4.78, 5) is 21.7. The van der Waals surface area contributed by atoms with Gasteiger partial charge in [-0.25, -0.2) is 9.48 Å². The van der Waals surface area contributed by atoms with E-state index in [0.29, 0.717) is 18.5 Å². The van der Waals surface area contributed by atoms with Crippen LogP contribution < -0.4 is 5.32 Å². The van der Waals surface area contributed by atoms with Crippen LogP contribution in [0.3, 0.4) is 0 Å². The molecule has 7 nitrogen and oxygen atoms in total. The van der Waals surface area contributed by atoms with Crippen molar-refractivity contribution in [3.8, 4) is 0 Å². The fourth-order valence-electron chi connectivity index (χ4n) is 1.46. The number of nitrogens with zero attached hydrogens (tertiary/aromatic N) is 3. The normalized spacial score (nSPS) is 16.8. The first kappa shape index (κ1) is 10.6. The highest BCUT2D eigenvalue weighted by Gasteiger charge is 2.53. The van der Waals surface area contributed by atoms with Crippen LogP contribution in [0.1, 0.15) is 25.5 Å². The molecule has 1 saturated carbocycles. The van der Waals surface area contributed by atoms with Crippen LogP contribution in [-0.4, -0.2) is 32.0 Å². The molecule has 1 aliphatic rings. The molecule has 0 aromatic carbocycles. The van der Waals surface area contributed by atoms with Crippen LogP contribution in [0.4, 0.5) is 0 Å². The summed E-state index contributed by atoms with van der Waals surface area (Å²) in [5.74, 6) is -1.04. The summed E-state index contributed by atoms with van der Waals surface area (Å²) in [6.07, 6.45) is 2.72. The zero-order valence-electron chi connectivity index (χ0n) is 8.80. The molecule has 1 aliphatic carbocycles. The Morgan fingerprint density at radius 2 is 2.31 bits per heavy atom. The number of amides is 1. The van der Waals surface area contributed by atoms with Crippen LogP contribution in [0.25, 0.3) is 0 Å².